The third kappa shape index (κ3) is 3.20. The van der Waals surface area contributed by atoms with Crippen LogP contribution in [-0.2, 0) is 4.43 Å². The zero-order valence-electron chi connectivity index (χ0n) is 10.8. The third-order valence-corrected chi connectivity index (χ3v) is 5.22. The summed E-state index contributed by atoms with van der Waals surface area (Å²) < 4.78 is 11.5. The highest BCUT2D eigenvalue weighted by Gasteiger charge is 2.27. The fraction of sp³-hybridized carbons (Fsp3) is 0.429. The summed E-state index contributed by atoms with van der Waals surface area (Å²) in [4.78, 5) is 0. The molecule has 0 saturated carbocycles. The number of allylic oxidation sites excluding steroid dienone is 1. The van der Waals surface area contributed by atoms with Crippen LogP contribution in [0.4, 0.5) is 0 Å². The van der Waals surface area contributed by atoms with Crippen LogP contribution in [0, 0.1) is 0 Å². The molecule has 0 spiro atoms. The maximum Gasteiger partial charge on any atom is 0.191 e. The molecule has 1 aromatic carbocycles. The van der Waals surface area contributed by atoms with E-state index in [2.05, 4.69) is 37.4 Å². The van der Waals surface area contributed by atoms with Gasteiger partial charge in [0, 0.05) is 0 Å². The molecule has 1 aliphatic rings. The van der Waals surface area contributed by atoms with Crippen molar-refractivity contribution >= 4 is 8.32 Å². The lowest BCUT2D eigenvalue weighted by atomic mass is 10.1. The average Bonchev–Trinajstić information content (AvgIpc) is 2.50. The second-order valence-electron chi connectivity index (χ2n) is 5.05. The fourth-order valence-electron chi connectivity index (χ4n) is 2.09. The Morgan fingerprint density at radius 2 is 1.88 bits per heavy atom. The van der Waals surface area contributed by atoms with Crippen molar-refractivity contribution in [3.05, 3.63) is 42.0 Å². The summed E-state index contributed by atoms with van der Waals surface area (Å²) >= 11 is 0. The van der Waals surface area contributed by atoms with Crippen molar-refractivity contribution in [3.8, 4) is 5.75 Å². The molecule has 0 fully saturated rings. The lowest BCUT2D eigenvalue weighted by Gasteiger charge is -2.26. The lowest BCUT2D eigenvalue weighted by Crippen LogP contribution is -2.30. The summed E-state index contributed by atoms with van der Waals surface area (Å²) in [5.41, 5.74) is 1.25. The largest absolute Gasteiger partial charge is 0.497 e. The van der Waals surface area contributed by atoms with E-state index in [1.165, 1.54) is 5.56 Å². The van der Waals surface area contributed by atoms with Gasteiger partial charge in [0.15, 0.2) is 8.32 Å². The van der Waals surface area contributed by atoms with E-state index in [1.54, 1.807) is 7.11 Å². The molecule has 1 unspecified atom stereocenters. The van der Waals surface area contributed by atoms with Crippen molar-refractivity contribution in [2.45, 2.75) is 31.7 Å². The van der Waals surface area contributed by atoms with Crippen molar-refractivity contribution in [1.82, 2.24) is 0 Å². The molecule has 0 bridgehead atoms. The van der Waals surface area contributed by atoms with Crippen LogP contribution in [-0.4, -0.2) is 15.4 Å². The molecule has 2 nitrogen and oxygen atoms in total. The molecule has 0 N–H and O–H groups in total. The van der Waals surface area contributed by atoms with E-state index in [1.807, 2.05) is 12.1 Å². The fourth-order valence-corrected chi connectivity index (χ4v) is 3.92. The topological polar surface area (TPSA) is 18.5 Å². The molecule has 92 valence electrons. The zero-order valence-corrected chi connectivity index (χ0v) is 11.8. The Morgan fingerprint density at radius 1 is 1.18 bits per heavy atom. The van der Waals surface area contributed by atoms with Gasteiger partial charge in [0.1, 0.15) is 5.75 Å². The molecule has 3 heteroatoms. The van der Waals surface area contributed by atoms with Crippen LogP contribution in [0.2, 0.25) is 19.1 Å². The molecule has 0 radical (unpaired) electrons. The average molecular weight is 248 g/mol. The molecule has 2 rings (SSSR count). The lowest BCUT2D eigenvalue weighted by molar-refractivity contribution is 0.202. The standard InChI is InChI=1S/C14H20O2Si/c1-15-13-9-7-12(8-10-13)14-6-4-5-11-17(2,3)16-14/h4-5,7-10,14H,6,11H2,1-3H3. The van der Waals surface area contributed by atoms with E-state index >= 15 is 0 Å². The van der Waals surface area contributed by atoms with Gasteiger partial charge in [-0.15, -0.1) is 0 Å². The van der Waals surface area contributed by atoms with Gasteiger partial charge in [0.2, 0.25) is 0 Å². The summed E-state index contributed by atoms with van der Waals surface area (Å²) in [6, 6.07) is 9.32. The molecule has 1 heterocycles. The van der Waals surface area contributed by atoms with Gasteiger partial charge < -0.3 is 9.16 Å². The van der Waals surface area contributed by atoms with E-state index in [0.29, 0.717) is 0 Å². The van der Waals surface area contributed by atoms with Crippen molar-refractivity contribution < 1.29 is 9.16 Å². The molecule has 0 aliphatic carbocycles. The maximum atomic E-state index is 6.29. The minimum Gasteiger partial charge on any atom is -0.497 e. The van der Waals surface area contributed by atoms with Crippen molar-refractivity contribution in [2.24, 2.45) is 0 Å². The highest BCUT2D eigenvalue weighted by Crippen LogP contribution is 2.31. The Hall–Kier alpha value is -1.06. The van der Waals surface area contributed by atoms with E-state index in [4.69, 9.17) is 9.16 Å². The minimum absolute atomic E-state index is 0.210. The normalized spacial score (nSPS) is 23.1. The van der Waals surface area contributed by atoms with Gasteiger partial charge in [-0.1, -0.05) is 24.3 Å². The monoisotopic (exact) mass is 248 g/mol. The third-order valence-electron chi connectivity index (χ3n) is 3.08. The second-order valence-corrected chi connectivity index (χ2v) is 9.21. The molecule has 1 aliphatic heterocycles. The Bertz CT molecular complexity index is 395. The van der Waals surface area contributed by atoms with E-state index in [0.717, 1.165) is 18.2 Å². The number of ether oxygens (including phenoxy) is 1. The Kier molecular flexibility index (Phi) is 3.69. The summed E-state index contributed by atoms with van der Waals surface area (Å²) in [6.07, 6.45) is 5.70. The van der Waals surface area contributed by atoms with Gasteiger partial charge in [-0.2, -0.15) is 0 Å². The quantitative estimate of drug-likeness (QED) is 0.583. The van der Waals surface area contributed by atoms with Crippen LogP contribution >= 0.6 is 0 Å². The van der Waals surface area contributed by atoms with Crippen molar-refractivity contribution in [3.63, 3.8) is 0 Å². The molecule has 0 saturated heterocycles. The summed E-state index contributed by atoms with van der Waals surface area (Å²) in [5.74, 6) is 0.898. The number of hydrogen-bond donors (Lipinski definition) is 0. The molecular weight excluding hydrogens is 228 g/mol. The first-order valence-electron chi connectivity index (χ1n) is 6.07. The predicted octanol–water partition coefficient (Wildman–Crippen LogP) is 3.92. The minimum atomic E-state index is -1.53. The van der Waals surface area contributed by atoms with Gasteiger partial charge in [-0.3, -0.25) is 0 Å². The van der Waals surface area contributed by atoms with Crippen LogP contribution in [0.15, 0.2) is 36.4 Å². The smallest absolute Gasteiger partial charge is 0.191 e. The second kappa shape index (κ2) is 5.06. The number of benzene rings is 1. The molecular formula is C14H20O2Si. The summed E-state index contributed by atoms with van der Waals surface area (Å²) in [6.45, 7) is 4.55. The van der Waals surface area contributed by atoms with Gasteiger partial charge in [0.25, 0.3) is 0 Å². The van der Waals surface area contributed by atoms with Gasteiger partial charge >= 0.3 is 0 Å². The van der Waals surface area contributed by atoms with E-state index in [9.17, 15) is 0 Å². The maximum absolute atomic E-state index is 6.29. The molecule has 17 heavy (non-hydrogen) atoms. The van der Waals surface area contributed by atoms with Crippen LogP contribution in [0.25, 0.3) is 0 Å². The number of methoxy groups -OCH3 is 1. The van der Waals surface area contributed by atoms with Crippen LogP contribution in [0.5, 0.6) is 5.75 Å². The van der Waals surface area contributed by atoms with Gasteiger partial charge in [0.05, 0.1) is 13.2 Å². The van der Waals surface area contributed by atoms with E-state index < -0.39 is 8.32 Å². The first-order valence-corrected chi connectivity index (χ1v) is 9.19. The molecule has 1 atom stereocenters. The van der Waals surface area contributed by atoms with Crippen LogP contribution in [0.1, 0.15) is 18.1 Å². The number of rotatable bonds is 2. The van der Waals surface area contributed by atoms with Crippen LogP contribution in [0.3, 0.4) is 0 Å². The zero-order chi connectivity index (χ0) is 12.3. The first-order chi connectivity index (χ1) is 8.11. The van der Waals surface area contributed by atoms with Crippen molar-refractivity contribution in [2.75, 3.05) is 7.11 Å². The van der Waals surface area contributed by atoms with Gasteiger partial charge in [-0.05, 0) is 43.3 Å². The molecule has 1 aromatic rings. The highest BCUT2D eigenvalue weighted by atomic mass is 28.4. The predicted molar refractivity (Wildman–Crippen MR) is 72.9 cm³/mol. The van der Waals surface area contributed by atoms with Crippen LogP contribution < -0.4 is 4.74 Å². The first kappa shape index (κ1) is 12.4. The van der Waals surface area contributed by atoms with Crippen molar-refractivity contribution in [1.29, 1.82) is 0 Å². The Balaban J connectivity index is 2.17. The molecule has 0 aromatic heterocycles. The SMILES string of the molecule is COc1ccc(C2CC=CC[Si](C)(C)O2)cc1. The van der Waals surface area contributed by atoms with E-state index in [-0.39, 0.29) is 6.10 Å². The summed E-state index contributed by atoms with van der Waals surface area (Å²) in [5, 5.41) is 0. The van der Waals surface area contributed by atoms with Gasteiger partial charge in [-0.25, -0.2) is 0 Å². The summed E-state index contributed by atoms with van der Waals surface area (Å²) in [7, 11) is 0.164. The number of hydrogen-bond acceptors (Lipinski definition) is 2. The Labute approximate surface area is 104 Å². The molecule has 0 amide bonds. The Morgan fingerprint density at radius 3 is 2.53 bits per heavy atom. The highest BCUT2D eigenvalue weighted by molar-refractivity contribution is 6.71.